The summed E-state index contributed by atoms with van der Waals surface area (Å²) in [5.74, 6) is 0.785. The van der Waals surface area contributed by atoms with Gasteiger partial charge in [-0.1, -0.05) is 24.3 Å². The Labute approximate surface area is 162 Å². The molecule has 2 N–H and O–H groups in total. The van der Waals surface area contributed by atoms with Crippen molar-refractivity contribution in [2.45, 2.75) is 18.9 Å². The summed E-state index contributed by atoms with van der Waals surface area (Å²) >= 11 is 0. The minimum absolute atomic E-state index is 0.0605. The number of nitrogens with zero attached hydrogens (tertiary/aromatic N) is 3. The maximum Gasteiger partial charge on any atom is 0.322 e. The molecule has 0 unspecified atom stereocenters. The van der Waals surface area contributed by atoms with Gasteiger partial charge in [0.15, 0.2) is 0 Å². The van der Waals surface area contributed by atoms with Crippen molar-refractivity contribution < 1.29 is 14.3 Å². The molecule has 1 fully saturated rings. The Hall–Kier alpha value is -3.13. The van der Waals surface area contributed by atoms with Gasteiger partial charge in [-0.3, -0.25) is 0 Å². The first-order valence-corrected chi connectivity index (χ1v) is 9.44. The first-order chi connectivity index (χ1) is 13.8. The monoisotopic (exact) mass is 381 g/mol. The number of carbonyl (C=O) groups is 1. The second-order valence-corrected chi connectivity index (χ2v) is 6.67. The van der Waals surface area contributed by atoms with Gasteiger partial charge in [0.2, 0.25) is 0 Å². The van der Waals surface area contributed by atoms with Gasteiger partial charge in [-0.15, -0.1) is 0 Å². The van der Waals surface area contributed by atoms with Crippen LogP contribution in [0.2, 0.25) is 0 Å². The van der Waals surface area contributed by atoms with Crippen LogP contribution >= 0.6 is 0 Å². The predicted octanol–water partition coefficient (Wildman–Crippen LogP) is 3.05. The van der Waals surface area contributed by atoms with Crippen LogP contribution in [0.4, 0.5) is 10.5 Å². The molecule has 2 aromatic carbocycles. The number of rotatable bonds is 7. The number of nitrogens with one attached hydrogen (secondary N) is 2. The Balaban J connectivity index is 1.42. The van der Waals surface area contributed by atoms with Crippen molar-refractivity contribution >= 4 is 22.8 Å². The number of amides is 2. The number of ether oxygens (including phenoxy) is 2. The zero-order chi connectivity index (χ0) is 19.2. The molecule has 3 aromatic rings. The van der Waals surface area contributed by atoms with Crippen molar-refractivity contribution in [1.29, 1.82) is 0 Å². The van der Waals surface area contributed by atoms with Crippen molar-refractivity contribution in [3.63, 3.8) is 0 Å². The van der Waals surface area contributed by atoms with Crippen molar-refractivity contribution in [2.24, 2.45) is 0 Å². The lowest BCUT2D eigenvalue weighted by Gasteiger charge is -2.25. The zero-order valence-electron chi connectivity index (χ0n) is 15.5. The number of benzene rings is 2. The third-order valence-electron chi connectivity index (χ3n) is 4.70. The summed E-state index contributed by atoms with van der Waals surface area (Å²) in [6, 6.07) is 14.9. The van der Waals surface area contributed by atoms with E-state index in [1.165, 1.54) is 0 Å². The van der Waals surface area contributed by atoms with Crippen molar-refractivity contribution in [3.05, 3.63) is 48.5 Å². The maximum absolute atomic E-state index is 13.0. The van der Waals surface area contributed by atoms with Crippen LogP contribution in [0, 0.1) is 0 Å². The first-order valence-electron chi connectivity index (χ1n) is 9.44. The molecule has 1 aliphatic heterocycles. The number of aromatic amines is 1. The van der Waals surface area contributed by atoms with Gasteiger partial charge >= 0.3 is 6.03 Å². The van der Waals surface area contributed by atoms with E-state index in [9.17, 15) is 4.79 Å². The van der Waals surface area contributed by atoms with Gasteiger partial charge in [-0.05, 0) is 37.1 Å². The van der Waals surface area contributed by atoms with Crippen molar-refractivity contribution in [1.82, 2.24) is 20.3 Å². The molecule has 28 heavy (non-hydrogen) atoms. The van der Waals surface area contributed by atoms with E-state index >= 15 is 0 Å². The van der Waals surface area contributed by atoms with Crippen LogP contribution in [0.5, 0.6) is 5.75 Å². The zero-order valence-corrected chi connectivity index (χ0v) is 15.5. The molecule has 8 nitrogen and oxygen atoms in total. The Morgan fingerprint density at radius 1 is 1.21 bits per heavy atom. The predicted molar refractivity (Wildman–Crippen MR) is 105 cm³/mol. The van der Waals surface area contributed by atoms with Crippen molar-refractivity contribution in [2.75, 3.05) is 31.6 Å². The molecule has 1 aromatic heterocycles. The van der Waals surface area contributed by atoms with Crippen LogP contribution < -0.4 is 10.1 Å². The summed E-state index contributed by atoms with van der Waals surface area (Å²) in [5.41, 5.74) is 1.96. The Kier molecular flexibility index (Phi) is 5.67. The molecule has 1 atom stereocenters. The summed E-state index contributed by atoms with van der Waals surface area (Å²) < 4.78 is 11.5. The fourth-order valence-electron chi connectivity index (χ4n) is 3.26. The Bertz CT molecular complexity index is 908. The fourth-order valence-corrected chi connectivity index (χ4v) is 3.26. The molecule has 146 valence electrons. The maximum atomic E-state index is 13.0. The molecular weight excluding hydrogens is 358 g/mol. The first kappa shape index (κ1) is 18.2. The second-order valence-electron chi connectivity index (χ2n) is 6.67. The van der Waals surface area contributed by atoms with Crippen LogP contribution in [0.15, 0.2) is 48.5 Å². The number of anilines is 1. The molecule has 0 spiro atoms. The molecule has 2 heterocycles. The van der Waals surface area contributed by atoms with Gasteiger partial charge in [-0.2, -0.15) is 15.4 Å². The van der Waals surface area contributed by atoms with E-state index in [2.05, 4.69) is 20.7 Å². The van der Waals surface area contributed by atoms with E-state index in [4.69, 9.17) is 9.47 Å². The molecule has 2 amide bonds. The number of hydrogen-bond donors (Lipinski definition) is 2. The third-order valence-corrected chi connectivity index (χ3v) is 4.70. The number of carbonyl (C=O) groups excluding carboxylic acids is 1. The molecule has 0 aliphatic carbocycles. The molecular formula is C20H23N5O3. The van der Waals surface area contributed by atoms with E-state index < -0.39 is 0 Å². The smallest absolute Gasteiger partial charge is 0.322 e. The quantitative estimate of drug-likeness (QED) is 0.656. The Morgan fingerprint density at radius 3 is 2.93 bits per heavy atom. The topological polar surface area (TPSA) is 92.4 Å². The highest BCUT2D eigenvalue weighted by Crippen LogP contribution is 2.20. The van der Waals surface area contributed by atoms with Gasteiger partial charge in [0.1, 0.15) is 23.4 Å². The van der Waals surface area contributed by atoms with Crippen LogP contribution in [0.25, 0.3) is 11.0 Å². The summed E-state index contributed by atoms with van der Waals surface area (Å²) in [6.45, 7) is 2.13. The van der Waals surface area contributed by atoms with E-state index in [1.54, 1.807) is 4.90 Å². The van der Waals surface area contributed by atoms with E-state index in [1.807, 2.05) is 48.5 Å². The van der Waals surface area contributed by atoms with E-state index in [-0.39, 0.29) is 12.1 Å². The summed E-state index contributed by atoms with van der Waals surface area (Å²) in [5, 5.41) is 13.7. The third kappa shape index (κ3) is 4.40. The molecule has 1 aliphatic rings. The normalized spacial score (nSPS) is 16.2. The molecule has 4 rings (SSSR count). The summed E-state index contributed by atoms with van der Waals surface area (Å²) in [7, 11) is 0. The van der Waals surface area contributed by atoms with Crippen LogP contribution in [-0.4, -0.2) is 58.7 Å². The number of para-hydroxylation sites is 2. The Morgan fingerprint density at radius 2 is 2.11 bits per heavy atom. The van der Waals surface area contributed by atoms with Gasteiger partial charge in [-0.25, -0.2) is 4.79 Å². The molecule has 0 saturated carbocycles. The highest BCUT2D eigenvalue weighted by atomic mass is 16.5. The average Bonchev–Trinajstić information content (AvgIpc) is 3.40. The molecule has 1 saturated heterocycles. The number of H-pyrrole nitrogens is 1. The van der Waals surface area contributed by atoms with Gasteiger partial charge in [0.25, 0.3) is 0 Å². The number of hydrogen-bond acceptors (Lipinski definition) is 5. The van der Waals surface area contributed by atoms with E-state index in [0.29, 0.717) is 36.4 Å². The fraction of sp³-hybridized carbons (Fsp3) is 0.350. The highest BCUT2D eigenvalue weighted by molar-refractivity contribution is 5.98. The lowest BCUT2D eigenvalue weighted by atomic mass is 10.2. The standard InChI is InChI=1S/C20H23N5O3/c26-20(21-17-9-4-10-18-19(17)23-24-22-18)25(14-16-8-5-12-27-16)11-13-28-15-6-2-1-3-7-15/h1-4,6-7,9-10,16H,5,8,11-14H2,(H,21,26)(H,22,23,24)/t16-/m1/s1. The number of fused-ring (bicyclic) bond motifs is 1. The summed E-state index contributed by atoms with van der Waals surface area (Å²) in [4.78, 5) is 14.7. The second kappa shape index (κ2) is 8.71. The highest BCUT2D eigenvalue weighted by Gasteiger charge is 2.23. The SMILES string of the molecule is O=C(Nc1cccc2n[nH]nc12)N(CCOc1ccccc1)C[C@H]1CCCO1. The number of urea groups is 1. The van der Waals surface area contributed by atoms with Crippen LogP contribution in [0.1, 0.15) is 12.8 Å². The van der Waals surface area contributed by atoms with Gasteiger partial charge in [0.05, 0.1) is 18.3 Å². The van der Waals surface area contributed by atoms with E-state index in [0.717, 1.165) is 25.2 Å². The molecule has 0 bridgehead atoms. The largest absolute Gasteiger partial charge is 0.492 e. The lowest BCUT2D eigenvalue weighted by Crippen LogP contribution is -2.42. The lowest BCUT2D eigenvalue weighted by molar-refractivity contribution is 0.0799. The van der Waals surface area contributed by atoms with Crippen LogP contribution in [0.3, 0.4) is 0 Å². The number of aromatic nitrogens is 3. The average molecular weight is 381 g/mol. The van der Waals surface area contributed by atoms with Gasteiger partial charge in [0, 0.05) is 13.2 Å². The molecule has 8 heteroatoms. The minimum atomic E-state index is -0.206. The summed E-state index contributed by atoms with van der Waals surface area (Å²) in [6.07, 6.45) is 2.05. The van der Waals surface area contributed by atoms with Gasteiger partial charge < -0.3 is 19.7 Å². The molecule has 0 radical (unpaired) electrons. The minimum Gasteiger partial charge on any atom is -0.492 e. The van der Waals surface area contributed by atoms with Crippen molar-refractivity contribution in [3.8, 4) is 5.75 Å². The van der Waals surface area contributed by atoms with Crippen LogP contribution in [-0.2, 0) is 4.74 Å².